The Kier molecular flexibility index (Phi) is 3.46. The fourth-order valence-corrected chi connectivity index (χ4v) is 0.866. The minimum Gasteiger partial charge on any atom is -0.281 e. The number of rotatable bonds is 1. The fourth-order valence-electron chi connectivity index (χ4n) is 0.0962. The lowest BCUT2D eigenvalue weighted by Crippen LogP contribution is -2.42. The molecular formula is C2H7N2S2+. The summed E-state index contributed by atoms with van der Waals surface area (Å²) in [5.74, 6) is 0. The predicted octanol–water partition coefficient (Wildman–Crippen LogP) is -0.929. The predicted molar refractivity (Wildman–Crippen MR) is 32.2 cm³/mol. The van der Waals surface area contributed by atoms with Crippen molar-refractivity contribution >= 4 is 26.8 Å². The molecule has 0 rings (SSSR count). The maximum absolute atomic E-state index is 5.04. The van der Waals surface area contributed by atoms with Crippen LogP contribution in [0.4, 0.5) is 0 Å². The van der Waals surface area contributed by atoms with Crippen molar-refractivity contribution in [2.45, 2.75) is 0 Å². The number of amidine groups is 1. The van der Waals surface area contributed by atoms with E-state index in [9.17, 15) is 0 Å². The third-order valence-corrected chi connectivity index (χ3v) is 1.62. The van der Waals surface area contributed by atoms with Crippen LogP contribution in [0.2, 0.25) is 0 Å². The highest BCUT2D eigenvalue weighted by atomic mass is 33.1. The maximum atomic E-state index is 5.04. The van der Waals surface area contributed by atoms with E-state index in [0.29, 0.717) is 5.17 Å². The van der Waals surface area contributed by atoms with Gasteiger partial charge in [0.15, 0.2) is 0 Å². The zero-order valence-electron chi connectivity index (χ0n) is 3.47. The van der Waals surface area contributed by atoms with Gasteiger partial charge in [0.2, 0.25) is 0 Å². The summed E-state index contributed by atoms with van der Waals surface area (Å²) in [6.45, 7) is 0. The first-order chi connectivity index (χ1) is 2.77. The summed E-state index contributed by atoms with van der Waals surface area (Å²) >= 11 is 0. The van der Waals surface area contributed by atoms with E-state index in [1.807, 2.05) is 6.26 Å². The van der Waals surface area contributed by atoms with Gasteiger partial charge in [0.1, 0.15) is 0 Å². The average molecular weight is 123 g/mol. The molecule has 0 heterocycles. The van der Waals surface area contributed by atoms with Crippen LogP contribution in [0.15, 0.2) is 0 Å². The molecule has 4 heteroatoms. The first-order valence-electron chi connectivity index (χ1n) is 1.36. The molecule has 0 saturated carbocycles. The summed E-state index contributed by atoms with van der Waals surface area (Å²) in [5.41, 5.74) is 5.04. The van der Waals surface area contributed by atoms with Gasteiger partial charge < -0.3 is 0 Å². The fraction of sp³-hybridized carbons (Fsp3) is 0.500. The lowest BCUT2D eigenvalue weighted by Gasteiger charge is -1.78. The minimum atomic E-state index is 0.419. The van der Waals surface area contributed by atoms with Crippen molar-refractivity contribution < 1.29 is 5.41 Å². The SMILES string of the molecule is CSSC(N)=[NH2+]. The average Bonchev–Trinajstić information content (AvgIpc) is 1.35. The van der Waals surface area contributed by atoms with E-state index in [-0.39, 0.29) is 0 Å². The highest BCUT2D eigenvalue weighted by molar-refractivity contribution is 8.81. The van der Waals surface area contributed by atoms with Gasteiger partial charge in [-0.05, 0) is 6.26 Å². The summed E-state index contributed by atoms with van der Waals surface area (Å²) in [6, 6.07) is 0. The van der Waals surface area contributed by atoms with E-state index in [0.717, 1.165) is 0 Å². The van der Waals surface area contributed by atoms with Gasteiger partial charge in [-0.2, -0.15) is 0 Å². The molecule has 0 aliphatic rings. The third kappa shape index (κ3) is 4.17. The molecule has 0 atom stereocenters. The Morgan fingerprint density at radius 2 is 2.33 bits per heavy atom. The molecule has 0 bridgehead atoms. The lowest BCUT2D eigenvalue weighted by molar-refractivity contribution is -0.109. The maximum Gasteiger partial charge on any atom is 0.310 e. The van der Waals surface area contributed by atoms with Crippen LogP contribution in [0.25, 0.3) is 0 Å². The lowest BCUT2D eigenvalue weighted by atomic mass is 11.4. The second-order valence-electron chi connectivity index (χ2n) is 0.652. The molecule has 6 heavy (non-hydrogen) atoms. The monoisotopic (exact) mass is 123 g/mol. The number of hydrogen-bond acceptors (Lipinski definition) is 2. The van der Waals surface area contributed by atoms with Crippen LogP contribution in [-0.2, 0) is 0 Å². The van der Waals surface area contributed by atoms with Gasteiger partial charge in [-0.15, -0.1) is 0 Å². The van der Waals surface area contributed by atoms with Crippen LogP contribution < -0.4 is 11.1 Å². The topological polar surface area (TPSA) is 51.6 Å². The highest BCUT2D eigenvalue weighted by Gasteiger charge is 1.88. The van der Waals surface area contributed by atoms with Crippen LogP contribution in [0.5, 0.6) is 0 Å². The quantitative estimate of drug-likeness (QED) is 0.269. The van der Waals surface area contributed by atoms with Crippen molar-refractivity contribution in [2.75, 3.05) is 6.26 Å². The van der Waals surface area contributed by atoms with Crippen molar-refractivity contribution in [1.29, 1.82) is 0 Å². The Balaban J connectivity index is 2.83. The van der Waals surface area contributed by atoms with Gasteiger partial charge in [-0.3, -0.25) is 11.1 Å². The van der Waals surface area contributed by atoms with Crippen LogP contribution >= 0.6 is 21.6 Å². The van der Waals surface area contributed by atoms with Crippen molar-refractivity contribution in [2.24, 2.45) is 5.73 Å². The normalized spacial score (nSPS) is 8.17. The zero-order valence-corrected chi connectivity index (χ0v) is 5.10. The Morgan fingerprint density at radius 3 is 2.33 bits per heavy atom. The Labute approximate surface area is 44.8 Å². The molecule has 0 unspecified atom stereocenters. The van der Waals surface area contributed by atoms with Gasteiger partial charge in [-0.25, -0.2) is 0 Å². The number of hydrogen-bond donors (Lipinski definition) is 2. The summed E-state index contributed by atoms with van der Waals surface area (Å²) < 4.78 is 0. The number of nitrogens with two attached hydrogens (primary N) is 2. The van der Waals surface area contributed by atoms with E-state index in [1.165, 1.54) is 21.6 Å². The van der Waals surface area contributed by atoms with Gasteiger partial charge >= 0.3 is 5.17 Å². The van der Waals surface area contributed by atoms with Crippen molar-refractivity contribution in [1.82, 2.24) is 0 Å². The zero-order chi connectivity index (χ0) is 4.99. The molecule has 0 spiro atoms. The molecule has 0 aromatic rings. The van der Waals surface area contributed by atoms with Crippen molar-refractivity contribution in [3.63, 3.8) is 0 Å². The second kappa shape index (κ2) is 3.36. The Hall–Kier alpha value is 0.170. The first-order valence-corrected chi connectivity index (χ1v) is 3.91. The van der Waals surface area contributed by atoms with Crippen molar-refractivity contribution in [3.8, 4) is 0 Å². The highest BCUT2D eigenvalue weighted by Crippen LogP contribution is 2.12. The molecule has 0 saturated heterocycles. The third-order valence-electron chi connectivity index (χ3n) is 0.180. The molecule has 0 amide bonds. The molecule has 0 aromatic carbocycles. The van der Waals surface area contributed by atoms with E-state index < -0.39 is 0 Å². The molecule has 0 radical (unpaired) electrons. The van der Waals surface area contributed by atoms with Gasteiger partial charge in [-0.1, -0.05) is 10.8 Å². The molecular weight excluding hydrogens is 116 g/mol. The molecule has 36 valence electrons. The first kappa shape index (κ1) is 6.17. The van der Waals surface area contributed by atoms with E-state index in [1.54, 1.807) is 0 Å². The van der Waals surface area contributed by atoms with Crippen molar-refractivity contribution in [3.05, 3.63) is 0 Å². The molecule has 0 aromatic heterocycles. The summed E-state index contributed by atoms with van der Waals surface area (Å²) in [4.78, 5) is 0. The largest absolute Gasteiger partial charge is 0.310 e. The van der Waals surface area contributed by atoms with E-state index in [2.05, 4.69) is 0 Å². The van der Waals surface area contributed by atoms with Gasteiger partial charge in [0, 0.05) is 10.8 Å². The molecule has 0 aliphatic carbocycles. The smallest absolute Gasteiger partial charge is 0.281 e. The van der Waals surface area contributed by atoms with Gasteiger partial charge in [0.05, 0.1) is 0 Å². The molecule has 0 fully saturated rings. The van der Waals surface area contributed by atoms with Crippen LogP contribution in [0.3, 0.4) is 0 Å². The molecule has 0 aliphatic heterocycles. The van der Waals surface area contributed by atoms with Crippen LogP contribution in [-0.4, -0.2) is 11.4 Å². The van der Waals surface area contributed by atoms with Crippen LogP contribution in [0.1, 0.15) is 0 Å². The van der Waals surface area contributed by atoms with E-state index >= 15 is 0 Å². The van der Waals surface area contributed by atoms with E-state index in [4.69, 9.17) is 11.1 Å². The Bertz CT molecular complexity index is 53.5. The molecule has 2 nitrogen and oxygen atoms in total. The standard InChI is InChI=1S/C2H6N2S2/c1-5-6-2(3)4/h1H3,(H3,3,4)/p+1. The van der Waals surface area contributed by atoms with Gasteiger partial charge in [0.25, 0.3) is 0 Å². The Morgan fingerprint density at radius 1 is 1.83 bits per heavy atom. The second-order valence-corrected chi connectivity index (χ2v) is 3.12. The van der Waals surface area contributed by atoms with Crippen LogP contribution in [0, 0.1) is 0 Å². The molecule has 4 N–H and O–H groups in total. The summed E-state index contributed by atoms with van der Waals surface area (Å²) in [5, 5.41) is 5.46. The summed E-state index contributed by atoms with van der Waals surface area (Å²) in [7, 11) is 2.91. The minimum absolute atomic E-state index is 0.419. The summed E-state index contributed by atoms with van der Waals surface area (Å²) in [6.07, 6.45) is 1.92.